The normalized spacial score (nSPS) is 14.2. The quantitative estimate of drug-likeness (QED) is 0.945. The molecule has 0 aliphatic carbocycles. The van der Waals surface area contributed by atoms with Gasteiger partial charge in [-0.05, 0) is 17.7 Å². The van der Waals surface area contributed by atoms with Crippen LogP contribution in [0.15, 0.2) is 18.2 Å². The molecule has 1 aliphatic rings. The fraction of sp³-hybridized carbons (Fsp3) is 0.357. The van der Waals surface area contributed by atoms with Gasteiger partial charge in [0, 0.05) is 30.8 Å². The second kappa shape index (κ2) is 5.49. The molecule has 0 atom stereocenters. The first kappa shape index (κ1) is 12.9. The summed E-state index contributed by atoms with van der Waals surface area (Å²) in [5, 5.41) is 5.19. The van der Waals surface area contributed by atoms with Gasteiger partial charge in [0.2, 0.25) is 0 Å². The van der Waals surface area contributed by atoms with Gasteiger partial charge < -0.3 is 10.1 Å². The molecule has 3 rings (SSSR count). The van der Waals surface area contributed by atoms with Crippen molar-refractivity contribution in [3.05, 3.63) is 44.4 Å². The molecular formula is C14H15ClN2OS. The molecule has 0 fully saturated rings. The predicted octanol–water partition coefficient (Wildman–Crippen LogP) is 3.04. The molecule has 2 heterocycles. The van der Waals surface area contributed by atoms with Crippen molar-refractivity contribution in [2.24, 2.45) is 0 Å². The highest BCUT2D eigenvalue weighted by Crippen LogP contribution is 2.28. The SMILES string of the molecule is COc1ccc(Cc2nc3c(s2)CNCC3)cc1Cl. The van der Waals surface area contributed by atoms with Crippen LogP contribution in [0.25, 0.3) is 0 Å². The van der Waals surface area contributed by atoms with Crippen LogP contribution >= 0.6 is 22.9 Å². The van der Waals surface area contributed by atoms with E-state index >= 15 is 0 Å². The molecule has 1 aromatic heterocycles. The van der Waals surface area contributed by atoms with Gasteiger partial charge in [-0.1, -0.05) is 17.7 Å². The van der Waals surface area contributed by atoms with E-state index in [1.54, 1.807) is 18.4 Å². The number of fused-ring (bicyclic) bond motifs is 1. The van der Waals surface area contributed by atoms with Gasteiger partial charge >= 0.3 is 0 Å². The summed E-state index contributed by atoms with van der Waals surface area (Å²) in [6, 6.07) is 5.91. The van der Waals surface area contributed by atoms with E-state index in [0.29, 0.717) is 10.8 Å². The molecule has 0 saturated heterocycles. The molecule has 0 unspecified atom stereocenters. The Morgan fingerprint density at radius 1 is 1.47 bits per heavy atom. The Bertz CT molecular complexity index is 574. The summed E-state index contributed by atoms with van der Waals surface area (Å²) >= 11 is 7.94. The Balaban J connectivity index is 1.81. The third-order valence-corrected chi connectivity index (χ3v) is 4.61. The maximum absolute atomic E-state index is 6.14. The molecule has 19 heavy (non-hydrogen) atoms. The van der Waals surface area contributed by atoms with Crippen LogP contribution in [0.1, 0.15) is 21.1 Å². The summed E-state index contributed by atoms with van der Waals surface area (Å²) in [5.74, 6) is 0.716. The smallest absolute Gasteiger partial charge is 0.137 e. The number of benzene rings is 1. The molecule has 100 valence electrons. The van der Waals surface area contributed by atoms with E-state index in [9.17, 15) is 0 Å². The number of hydrogen-bond donors (Lipinski definition) is 1. The fourth-order valence-corrected chi connectivity index (χ4v) is 3.65. The summed E-state index contributed by atoms with van der Waals surface area (Å²) in [4.78, 5) is 6.10. The molecule has 0 amide bonds. The largest absolute Gasteiger partial charge is 0.495 e. The topological polar surface area (TPSA) is 34.1 Å². The van der Waals surface area contributed by atoms with Crippen molar-refractivity contribution in [1.82, 2.24) is 10.3 Å². The maximum atomic E-state index is 6.14. The molecule has 0 spiro atoms. The van der Waals surface area contributed by atoms with Crippen molar-refractivity contribution < 1.29 is 4.74 Å². The minimum atomic E-state index is 0.656. The number of thiazole rings is 1. The summed E-state index contributed by atoms with van der Waals surface area (Å²) in [5.41, 5.74) is 2.43. The molecule has 0 radical (unpaired) electrons. The number of halogens is 1. The summed E-state index contributed by atoms with van der Waals surface area (Å²) in [6.07, 6.45) is 1.87. The van der Waals surface area contributed by atoms with Crippen LogP contribution in [-0.2, 0) is 19.4 Å². The molecule has 5 heteroatoms. The second-order valence-corrected chi connectivity index (χ2v) is 6.13. The summed E-state index contributed by atoms with van der Waals surface area (Å²) in [6.45, 7) is 1.99. The first-order chi connectivity index (χ1) is 9.26. The van der Waals surface area contributed by atoms with Gasteiger partial charge in [0.1, 0.15) is 5.75 Å². The van der Waals surface area contributed by atoms with E-state index in [-0.39, 0.29) is 0 Å². The summed E-state index contributed by atoms with van der Waals surface area (Å²) < 4.78 is 5.16. The average Bonchev–Trinajstić information content (AvgIpc) is 2.81. The van der Waals surface area contributed by atoms with E-state index in [0.717, 1.165) is 30.9 Å². The second-order valence-electron chi connectivity index (χ2n) is 4.55. The van der Waals surface area contributed by atoms with Crippen molar-refractivity contribution in [2.45, 2.75) is 19.4 Å². The molecule has 1 N–H and O–H groups in total. The molecule has 0 bridgehead atoms. The van der Waals surface area contributed by atoms with E-state index in [4.69, 9.17) is 21.3 Å². The van der Waals surface area contributed by atoms with Crippen LogP contribution < -0.4 is 10.1 Å². The monoisotopic (exact) mass is 294 g/mol. The van der Waals surface area contributed by atoms with E-state index in [1.165, 1.54) is 16.1 Å². The van der Waals surface area contributed by atoms with Crippen LogP contribution in [0.4, 0.5) is 0 Å². The van der Waals surface area contributed by atoms with Gasteiger partial charge in [-0.15, -0.1) is 11.3 Å². The highest BCUT2D eigenvalue weighted by Gasteiger charge is 2.15. The number of nitrogens with zero attached hydrogens (tertiary/aromatic N) is 1. The number of aromatic nitrogens is 1. The lowest BCUT2D eigenvalue weighted by Crippen LogP contribution is -2.22. The Kier molecular flexibility index (Phi) is 3.73. The van der Waals surface area contributed by atoms with Crippen LogP contribution in [0.2, 0.25) is 5.02 Å². The predicted molar refractivity (Wildman–Crippen MR) is 78.3 cm³/mol. The Morgan fingerprint density at radius 3 is 3.11 bits per heavy atom. The van der Waals surface area contributed by atoms with E-state index < -0.39 is 0 Å². The number of nitrogens with one attached hydrogen (secondary N) is 1. The van der Waals surface area contributed by atoms with Crippen LogP contribution in [0.3, 0.4) is 0 Å². The molecule has 0 saturated carbocycles. The molecule has 1 aliphatic heterocycles. The van der Waals surface area contributed by atoms with Gasteiger partial charge in [-0.2, -0.15) is 0 Å². The van der Waals surface area contributed by atoms with Crippen LogP contribution in [-0.4, -0.2) is 18.6 Å². The van der Waals surface area contributed by atoms with Gasteiger partial charge in [0.25, 0.3) is 0 Å². The van der Waals surface area contributed by atoms with Crippen molar-refractivity contribution in [1.29, 1.82) is 0 Å². The zero-order valence-corrected chi connectivity index (χ0v) is 12.3. The van der Waals surface area contributed by atoms with Gasteiger partial charge in [0.15, 0.2) is 0 Å². The Hall–Kier alpha value is -1.10. The maximum Gasteiger partial charge on any atom is 0.137 e. The average molecular weight is 295 g/mol. The zero-order chi connectivity index (χ0) is 13.2. The fourth-order valence-electron chi connectivity index (χ4n) is 2.25. The number of hydrogen-bond acceptors (Lipinski definition) is 4. The van der Waals surface area contributed by atoms with Gasteiger partial charge in [-0.3, -0.25) is 0 Å². The third-order valence-electron chi connectivity index (χ3n) is 3.22. The highest BCUT2D eigenvalue weighted by molar-refractivity contribution is 7.11. The zero-order valence-electron chi connectivity index (χ0n) is 10.7. The standard InChI is InChI=1S/C14H15ClN2OS/c1-18-12-3-2-9(6-10(12)15)7-14-17-11-4-5-16-8-13(11)19-14/h2-3,6,16H,4-5,7-8H2,1H3. The molecule has 3 nitrogen and oxygen atoms in total. The first-order valence-corrected chi connectivity index (χ1v) is 7.46. The lowest BCUT2D eigenvalue weighted by Gasteiger charge is -2.09. The van der Waals surface area contributed by atoms with Crippen LogP contribution in [0.5, 0.6) is 5.75 Å². The minimum Gasteiger partial charge on any atom is -0.495 e. The van der Waals surface area contributed by atoms with Crippen molar-refractivity contribution in [3.8, 4) is 5.75 Å². The Morgan fingerprint density at radius 2 is 2.37 bits per heavy atom. The number of ether oxygens (including phenoxy) is 1. The first-order valence-electron chi connectivity index (χ1n) is 6.27. The number of rotatable bonds is 3. The third kappa shape index (κ3) is 2.76. The van der Waals surface area contributed by atoms with E-state index in [2.05, 4.69) is 5.32 Å². The van der Waals surface area contributed by atoms with Gasteiger partial charge in [0.05, 0.1) is 22.8 Å². The molecule has 1 aromatic carbocycles. The minimum absolute atomic E-state index is 0.656. The van der Waals surface area contributed by atoms with Crippen molar-refractivity contribution in [2.75, 3.05) is 13.7 Å². The van der Waals surface area contributed by atoms with E-state index in [1.807, 2.05) is 18.2 Å². The van der Waals surface area contributed by atoms with Crippen molar-refractivity contribution >= 4 is 22.9 Å². The van der Waals surface area contributed by atoms with Crippen molar-refractivity contribution in [3.63, 3.8) is 0 Å². The molecule has 2 aromatic rings. The lowest BCUT2D eigenvalue weighted by molar-refractivity contribution is 0.415. The lowest BCUT2D eigenvalue weighted by atomic mass is 10.1. The van der Waals surface area contributed by atoms with Gasteiger partial charge in [-0.25, -0.2) is 4.98 Å². The highest BCUT2D eigenvalue weighted by atomic mass is 35.5. The van der Waals surface area contributed by atoms with Crippen LogP contribution in [0, 0.1) is 0 Å². The molecular weight excluding hydrogens is 280 g/mol. The summed E-state index contributed by atoms with van der Waals surface area (Å²) in [7, 11) is 1.63. The Labute approximate surface area is 121 Å². The number of methoxy groups -OCH3 is 1.